The number of hydrogen-bond donors (Lipinski definition) is 0. The van der Waals surface area contributed by atoms with Crippen molar-refractivity contribution in [1.82, 2.24) is 0 Å². The third-order valence-corrected chi connectivity index (χ3v) is 2.55. The minimum atomic E-state index is -0.767. The van der Waals surface area contributed by atoms with E-state index in [2.05, 4.69) is 0 Å². The van der Waals surface area contributed by atoms with Crippen LogP contribution in [0.3, 0.4) is 0 Å². The Morgan fingerprint density at radius 2 is 1.73 bits per heavy atom. The largest absolute Gasteiger partial charge is 0.426 e. The molecule has 0 aliphatic heterocycles. The van der Waals surface area contributed by atoms with Crippen molar-refractivity contribution < 1.29 is 19.1 Å². The van der Waals surface area contributed by atoms with Crippen LogP contribution in [-0.2, 0) is 19.1 Å². The van der Waals surface area contributed by atoms with Gasteiger partial charge in [-0.15, -0.1) is 0 Å². The summed E-state index contributed by atoms with van der Waals surface area (Å²) >= 11 is 0. The summed E-state index contributed by atoms with van der Waals surface area (Å²) in [6.07, 6.45) is 4.39. The topological polar surface area (TPSA) is 52.6 Å². The van der Waals surface area contributed by atoms with Crippen molar-refractivity contribution in [1.29, 1.82) is 0 Å². The highest BCUT2D eigenvalue weighted by molar-refractivity contribution is 5.73. The van der Waals surface area contributed by atoms with Crippen LogP contribution in [0.4, 0.5) is 0 Å². The normalized spacial score (nSPS) is 19.3. The van der Waals surface area contributed by atoms with Crippen molar-refractivity contribution in [2.24, 2.45) is 5.92 Å². The maximum atomic E-state index is 11.6. The maximum Gasteiger partial charge on any atom is 0.311 e. The third-order valence-electron chi connectivity index (χ3n) is 2.55. The Labute approximate surface area is 89.9 Å². The number of rotatable bonds is 3. The summed E-state index contributed by atoms with van der Waals surface area (Å²) in [4.78, 5) is 22.2. The van der Waals surface area contributed by atoms with Crippen molar-refractivity contribution in [3.63, 3.8) is 0 Å². The number of hydrogen-bond acceptors (Lipinski definition) is 4. The lowest BCUT2D eigenvalue weighted by Crippen LogP contribution is -2.26. The van der Waals surface area contributed by atoms with E-state index in [4.69, 9.17) is 9.47 Å². The molecular weight excluding hydrogens is 196 g/mol. The summed E-state index contributed by atoms with van der Waals surface area (Å²) in [6, 6.07) is 0. The number of ether oxygens (including phenoxy) is 2. The van der Waals surface area contributed by atoms with Crippen molar-refractivity contribution in [3.05, 3.63) is 0 Å². The van der Waals surface area contributed by atoms with Gasteiger partial charge in [-0.1, -0.05) is 19.3 Å². The fraction of sp³-hybridized carbons (Fsp3) is 0.818. The molecule has 0 unspecified atom stereocenters. The van der Waals surface area contributed by atoms with Gasteiger partial charge in [0.25, 0.3) is 0 Å². The van der Waals surface area contributed by atoms with E-state index in [0.717, 1.165) is 25.7 Å². The minimum Gasteiger partial charge on any atom is -0.426 e. The van der Waals surface area contributed by atoms with Gasteiger partial charge < -0.3 is 9.47 Å². The second-order valence-electron chi connectivity index (χ2n) is 3.95. The van der Waals surface area contributed by atoms with Crippen molar-refractivity contribution in [2.45, 2.75) is 52.2 Å². The van der Waals surface area contributed by atoms with Crippen LogP contribution in [0.15, 0.2) is 0 Å². The summed E-state index contributed by atoms with van der Waals surface area (Å²) in [5.74, 6) is -0.667. The van der Waals surface area contributed by atoms with E-state index in [1.54, 1.807) is 6.92 Å². The maximum absolute atomic E-state index is 11.6. The van der Waals surface area contributed by atoms with Crippen LogP contribution in [-0.4, -0.2) is 18.2 Å². The molecule has 4 nitrogen and oxygen atoms in total. The van der Waals surface area contributed by atoms with Gasteiger partial charge >= 0.3 is 11.9 Å². The second kappa shape index (κ2) is 5.73. The second-order valence-corrected chi connectivity index (χ2v) is 3.95. The van der Waals surface area contributed by atoms with Crippen LogP contribution in [0.2, 0.25) is 0 Å². The first-order valence-corrected chi connectivity index (χ1v) is 5.47. The Bertz CT molecular complexity index is 231. The Balaban J connectivity index is 2.30. The van der Waals surface area contributed by atoms with Gasteiger partial charge in [-0.25, -0.2) is 0 Å². The molecule has 0 aromatic carbocycles. The highest BCUT2D eigenvalue weighted by Gasteiger charge is 2.24. The summed E-state index contributed by atoms with van der Waals surface area (Å²) in [6.45, 7) is 2.85. The number of carbonyl (C=O) groups excluding carboxylic acids is 2. The molecule has 1 atom stereocenters. The predicted molar refractivity (Wildman–Crippen MR) is 53.9 cm³/mol. The number of carbonyl (C=O) groups is 2. The van der Waals surface area contributed by atoms with Crippen molar-refractivity contribution in [2.75, 3.05) is 0 Å². The lowest BCUT2D eigenvalue weighted by molar-refractivity contribution is -0.186. The molecule has 1 fully saturated rings. The highest BCUT2D eigenvalue weighted by Crippen LogP contribution is 2.25. The van der Waals surface area contributed by atoms with Crippen LogP contribution in [0.25, 0.3) is 0 Å². The van der Waals surface area contributed by atoms with Crippen molar-refractivity contribution in [3.8, 4) is 0 Å². The molecule has 1 aliphatic rings. The lowest BCUT2D eigenvalue weighted by atomic mass is 9.89. The van der Waals surface area contributed by atoms with E-state index in [-0.39, 0.29) is 11.9 Å². The molecule has 1 rings (SSSR count). The monoisotopic (exact) mass is 214 g/mol. The fourth-order valence-electron chi connectivity index (χ4n) is 1.86. The average Bonchev–Trinajstić information content (AvgIpc) is 2.17. The van der Waals surface area contributed by atoms with Gasteiger partial charge in [0.1, 0.15) is 0 Å². The third kappa shape index (κ3) is 4.32. The molecule has 0 saturated heterocycles. The van der Waals surface area contributed by atoms with Crippen LogP contribution >= 0.6 is 0 Å². The van der Waals surface area contributed by atoms with E-state index in [9.17, 15) is 9.59 Å². The molecule has 86 valence electrons. The molecule has 0 amide bonds. The highest BCUT2D eigenvalue weighted by atomic mass is 16.7. The van der Waals surface area contributed by atoms with Gasteiger partial charge in [0.05, 0.1) is 5.92 Å². The first kappa shape index (κ1) is 12.0. The molecule has 0 heterocycles. The van der Waals surface area contributed by atoms with Gasteiger partial charge in [-0.2, -0.15) is 0 Å². The lowest BCUT2D eigenvalue weighted by Gasteiger charge is -2.21. The molecule has 0 bridgehead atoms. The van der Waals surface area contributed by atoms with Gasteiger partial charge in [0.2, 0.25) is 6.29 Å². The minimum absolute atomic E-state index is 0.00300. The number of esters is 2. The summed E-state index contributed by atoms with van der Waals surface area (Å²) in [7, 11) is 0. The smallest absolute Gasteiger partial charge is 0.311 e. The summed E-state index contributed by atoms with van der Waals surface area (Å²) < 4.78 is 9.75. The Hall–Kier alpha value is -1.06. The van der Waals surface area contributed by atoms with Gasteiger partial charge in [0.15, 0.2) is 0 Å². The van der Waals surface area contributed by atoms with E-state index in [0.29, 0.717) is 0 Å². The molecule has 0 N–H and O–H groups in total. The van der Waals surface area contributed by atoms with E-state index in [1.165, 1.54) is 13.3 Å². The molecule has 0 aromatic rings. The van der Waals surface area contributed by atoms with E-state index >= 15 is 0 Å². The molecule has 1 aliphatic carbocycles. The summed E-state index contributed by atoms with van der Waals surface area (Å²) in [5.41, 5.74) is 0. The van der Waals surface area contributed by atoms with Crippen molar-refractivity contribution >= 4 is 11.9 Å². The SMILES string of the molecule is CC(=O)O[C@@H](C)OC(=O)C1CCCCC1. The zero-order valence-electron chi connectivity index (χ0n) is 9.32. The van der Waals surface area contributed by atoms with Gasteiger partial charge in [-0.05, 0) is 12.8 Å². The Morgan fingerprint density at radius 1 is 1.13 bits per heavy atom. The molecule has 1 saturated carbocycles. The van der Waals surface area contributed by atoms with Gasteiger partial charge in [-0.3, -0.25) is 9.59 Å². The standard InChI is InChI=1S/C11H18O4/c1-8(12)14-9(2)15-11(13)10-6-4-3-5-7-10/h9-10H,3-7H2,1-2H3/t9-/m1/s1. The fourth-order valence-corrected chi connectivity index (χ4v) is 1.86. The molecule has 0 spiro atoms. The molecule has 15 heavy (non-hydrogen) atoms. The molecule has 0 aromatic heterocycles. The quantitative estimate of drug-likeness (QED) is 0.532. The van der Waals surface area contributed by atoms with Crippen LogP contribution < -0.4 is 0 Å². The first-order valence-electron chi connectivity index (χ1n) is 5.47. The van der Waals surface area contributed by atoms with Crippen LogP contribution in [0, 0.1) is 5.92 Å². The molecule has 0 radical (unpaired) electrons. The predicted octanol–water partition coefficient (Wildman–Crippen LogP) is 2.02. The zero-order chi connectivity index (χ0) is 11.3. The first-order chi connectivity index (χ1) is 7.09. The van der Waals surface area contributed by atoms with Crippen LogP contribution in [0.5, 0.6) is 0 Å². The molecule has 4 heteroatoms. The zero-order valence-corrected chi connectivity index (χ0v) is 9.32. The van der Waals surface area contributed by atoms with E-state index < -0.39 is 12.3 Å². The van der Waals surface area contributed by atoms with E-state index in [1.807, 2.05) is 0 Å². The Kier molecular flexibility index (Phi) is 4.59. The summed E-state index contributed by atoms with van der Waals surface area (Å²) in [5, 5.41) is 0. The molecular formula is C11H18O4. The average molecular weight is 214 g/mol. The van der Waals surface area contributed by atoms with Gasteiger partial charge in [0, 0.05) is 13.8 Å². The Morgan fingerprint density at radius 3 is 2.27 bits per heavy atom. The van der Waals surface area contributed by atoms with Crippen LogP contribution in [0.1, 0.15) is 46.0 Å².